The van der Waals surface area contributed by atoms with E-state index in [1.807, 2.05) is 6.92 Å². The summed E-state index contributed by atoms with van der Waals surface area (Å²) >= 11 is 0. The van der Waals surface area contributed by atoms with Crippen LogP contribution in [0.1, 0.15) is 33.1 Å². The first-order valence-corrected chi connectivity index (χ1v) is 8.61. The van der Waals surface area contributed by atoms with Crippen molar-refractivity contribution in [2.75, 3.05) is 34.0 Å². The first-order valence-electron chi connectivity index (χ1n) is 6.68. The minimum absolute atomic E-state index is 0. The van der Waals surface area contributed by atoms with Crippen LogP contribution in [0.25, 0.3) is 0 Å². The van der Waals surface area contributed by atoms with Crippen molar-refractivity contribution in [1.82, 2.24) is 0 Å². The van der Waals surface area contributed by atoms with Gasteiger partial charge in [0.2, 0.25) is 0 Å². The van der Waals surface area contributed by atoms with Crippen LogP contribution >= 0.6 is 0 Å². The summed E-state index contributed by atoms with van der Waals surface area (Å²) in [5, 5.41) is 0. The normalized spacial score (nSPS) is 18.9. The molecule has 1 rings (SSSR count). The third-order valence-corrected chi connectivity index (χ3v) is 6.19. The van der Waals surface area contributed by atoms with E-state index in [9.17, 15) is 0 Å². The van der Waals surface area contributed by atoms with E-state index < -0.39 is 14.6 Å². The van der Waals surface area contributed by atoms with Crippen molar-refractivity contribution in [2.24, 2.45) is 0 Å². The van der Waals surface area contributed by atoms with Gasteiger partial charge < -0.3 is 22.8 Å². The minimum Gasteiger partial charge on any atom is -0.377 e. The second kappa shape index (κ2) is 9.22. The summed E-state index contributed by atoms with van der Waals surface area (Å²) < 4.78 is 28.4. The van der Waals surface area contributed by atoms with E-state index in [1.165, 1.54) is 0 Å². The molecule has 0 N–H and O–H groups in total. The molecule has 0 spiro atoms. The predicted molar refractivity (Wildman–Crippen MR) is 76.1 cm³/mol. The van der Waals surface area contributed by atoms with Gasteiger partial charge in [0.15, 0.2) is 5.79 Å². The van der Waals surface area contributed by atoms with Crippen LogP contribution < -0.4 is 0 Å². The molecule has 1 saturated heterocycles. The molecule has 1 fully saturated rings. The summed E-state index contributed by atoms with van der Waals surface area (Å²) in [5.41, 5.74) is 0. The van der Waals surface area contributed by atoms with Crippen LogP contribution in [0.15, 0.2) is 0 Å². The standard InChI is InChI=1S/C12H26O5Si.Si/c1-5-10-18(13-3,14-4)17-11-12(6-2)15-8-7-9-16-12;/h5-11H2,1-4H3;. The largest absolute Gasteiger partial charge is 0.500 e. The zero-order valence-corrected chi connectivity index (χ0v) is 14.5. The van der Waals surface area contributed by atoms with Gasteiger partial charge in [0.25, 0.3) is 0 Å². The van der Waals surface area contributed by atoms with E-state index in [0.717, 1.165) is 38.5 Å². The van der Waals surface area contributed by atoms with E-state index in [1.54, 1.807) is 14.2 Å². The highest BCUT2D eigenvalue weighted by atomic mass is 28.4. The average Bonchev–Trinajstić information content (AvgIpc) is 2.45. The number of rotatable bonds is 8. The number of ether oxygens (including phenoxy) is 2. The van der Waals surface area contributed by atoms with E-state index in [0.29, 0.717) is 6.61 Å². The molecular formula is C12H26O5Si2. The van der Waals surface area contributed by atoms with Crippen molar-refractivity contribution < 1.29 is 22.8 Å². The lowest BCUT2D eigenvalue weighted by Crippen LogP contribution is -2.51. The summed E-state index contributed by atoms with van der Waals surface area (Å²) in [7, 11) is 0.740. The van der Waals surface area contributed by atoms with E-state index >= 15 is 0 Å². The molecule has 19 heavy (non-hydrogen) atoms. The van der Waals surface area contributed by atoms with Crippen molar-refractivity contribution in [3.8, 4) is 0 Å². The molecule has 0 aromatic heterocycles. The zero-order valence-electron chi connectivity index (χ0n) is 12.5. The molecule has 5 nitrogen and oxygen atoms in total. The Morgan fingerprint density at radius 3 is 2.11 bits per heavy atom. The molecule has 0 aliphatic carbocycles. The first kappa shape index (κ1) is 19.2. The van der Waals surface area contributed by atoms with Gasteiger partial charge in [-0.2, -0.15) is 0 Å². The van der Waals surface area contributed by atoms with Gasteiger partial charge >= 0.3 is 8.80 Å². The van der Waals surface area contributed by atoms with Crippen LogP contribution in [0.3, 0.4) is 0 Å². The maximum absolute atomic E-state index is 5.95. The maximum Gasteiger partial charge on any atom is 0.500 e. The molecule has 0 aromatic rings. The van der Waals surface area contributed by atoms with E-state index in [2.05, 4.69) is 6.92 Å². The van der Waals surface area contributed by atoms with Gasteiger partial charge in [0.1, 0.15) is 0 Å². The molecule has 0 amide bonds. The van der Waals surface area contributed by atoms with Gasteiger partial charge in [-0.25, -0.2) is 0 Å². The van der Waals surface area contributed by atoms with Crippen LogP contribution in [0.5, 0.6) is 0 Å². The molecule has 0 atom stereocenters. The van der Waals surface area contributed by atoms with E-state index in [-0.39, 0.29) is 11.0 Å². The first-order chi connectivity index (χ1) is 8.66. The zero-order chi connectivity index (χ0) is 13.5. The lowest BCUT2D eigenvalue weighted by Gasteiger charge is -2.38. The molecule has 4 radical (unpaired) electrons. The fourth-order valence-electron chi connectivity index (χ4n) is 2.01. The van der Waals surface area contributed by atoms with Gasteiger partial charge in [0, 0.05) is 37.6 Å². The summed E-state index contributed by atoms with van der Waals surface area (Å²) in [6.07, 6.45) is 2.67. The Labute approximate surface area is 122 Å². The molecule has 0 bridgehead atoms. The Morgan fingerprint density at radius 2 is 1.68 bits per heavy atom. The average molecular weight is 307 g/mol. The summed E-state index contributed by atoms with van der Waals surface area (Å²) in [5.74, 6) is -0.624. The Kier molecular flexibility index (Phi) is 9.33. The van der Waals surface area contributed by atoms with Gasteiger partial charge in [-0.15, -0.1) is 0 Å². The van der Waals surface area contributed by atoms with Crippen molar-refractivity contribution in [1.29, 1.82) is 0 Å². The Morgan fingerprint density at radius 1 is 1.11 bits per heavy atom. The van der Waals surface area contributed by atoms with Crippen LogP contribution in [0.2, 0.25) is 6.04 Å². The second-order valence-electron chi connectivity index (χ2n) is 4.44. The Balaban J connectivity index is 0.00000324. The summed E-state index contributed by atoms with van der Waals surface area (Å²) in [6, 6.07) is 0.805. The lowest BCUT2D eigenvalue weighted by atomic mass is 10.2. The molecule has 112 valence electrons. The smallest absolute Gasteiger partial charge is 0.377 e. The monoisotopic (exact) mass is 306 g/mol. The van der Waals surface area contributed by atoms with Gasteiger partial charge in [-0.3, -0.25) is 0 Å². The third-order valence-electron chi connectivity index (χ3n) is 3.25. The fraction of sp³-hybridized carbons (Fsp3) is 1.00. The van der Waals surface area contributed by atoms with Crippen LogP contribution in [0, 0.1) is 0 Å². The van der Waals surface area contributed by atoms with Crippen molar-refractivity contribution in [2.45, 2.75) is 44.9 Å². The fourth-order valence-corrected chi connectivity index (χ4v) is 4.02. The molecule has 1 aliphatic heterocycles. The van der Waals surface area contributed by atoms with Crippen molar-refractivity contribution in [3.63, 3.8) is 0 Å². The maximum atomic E-state index is 5.95. The van der Waals surface area contributed by atoms with Gasteiger partial charge in [-0.1, -0.05) is 20.3 Å². The highest BCUT2D eigenvalue weighted by Crippen LogP contribution is 2.26. The molecule has 1 aliphatic rings. The van der Waals surface area contributed by atoms with Crippen LogP contribution in [-0.2, 0) is 22.8 Å². The van der Waals surface area contributed by atoms with Crippen molar-refractivity contribution in [3.05, 3.63) is 0 Å². The second-order valence-corrected chi connectivity index (χ2v) is 7.42. The molecule has 7 heteroatoms. The van der Waals surface area contributed by atoms with E-state index in [4.69, 9.17) is 22.8 Å². The molecule has 0 aromatic carbocycles. The lowest BCUT2D eigenvalue weighted by molar-refractivity contribution is -0.283. The molecule has 1 heterocycles. The predicted octanol–water partition coefficient (Wildman–Crippen LogP) is 1.81. The topological polar surface area (TPSA) is 46.2 Å². The minimum atomic E-state index is -2.55. The molecule has 0 unspecified atom stereocenters. The van der Waals surface area contributed by atoms with Crippen molar-refractivity contribution >= 4 is 19.8 Å². The Hall–Kier alpha value is 0.234. The number of hydrogen-bond acceptors (Lipinski definition) is 5. The highest BCUT2D eigenvalue weighted by molar-refractivity contribution is 6.60. The third kappa shape index (κ3) is 5.26. The van der Waals surface area contributed by atoms with Crippen LogP contribution in [-0.4, -0.2) is 59.6 Å². The summed E-state index contributed by atoms with van der Waals surface area (Å²) in [6.45, 7) is 5.94. The molecular weight excluding hydrogens is 280 g/mol. The SMILES string of the molecule is CCC[Si](OC)(OC)OCC1(CC)OCCCO1.[Si]. The molecule has 0 saturated carbocycles. The quantitative estimate of drug-likeness (QED) is 0.640. The summed E-state index contributed by atoms with van der Waals surface area (Å²) in [4.78, 5) is 0. The highest BCUT2D eigenvalue weighted by Gasteiger charge is 2.42. The Bertz CT molecular complexity index is 216. The van der Waals surface area contributed by atoms with Gasteiger partial charge in [0.05, 0.1) is 19.8 Å². The van der Waals surface area contributed by atoms with Crippen LogP contribution in [0.4, 0.5) is 0 Å². The van der Waals surface area contributed by atoms with Gasteiger partial charge in [-0.05, 0) is 6.42 Å². The number of hydrogen-bond donors (Lipinski definition) is 0.